The van der Waals surface area contributed by atoms with Gasteiger partial charge in [-0.3, -0.25) is 4.79 Å². The number of nitrogens with zero attached hydrogens (tertiary/aromatic N) is 5. The summed E-state index contributed by atoms with van der Waals surface area (Å²) in [4.78, 5) is 38.2. The molecule has 1 aliphatic heterocycles. The van der Waals surface area contributed by atoms with Crippen LogP contribution in [0.5, 0.6) is 0 Å². The van der Waals surface area contributed by atoms with E-state index < -0.39 is 11.4 Å². The van der Waals surface area contributed by atoms with Crippen LogP contribution in [0.15, 0.2) is 65.7 Å². The van der Waals surface area contributed by atoms with E-state index in [4.69, 9.17) is 11.6 Å². The molecule has 0 unspecified atom stereocenters. The quantitative estimate of drug-likeness (QED) is 0.382. The molecule has 190 valence electrons. The average molecular weight is 519 g/mol. The summed E-state index contributed by atoms with van der Waals surface area (Å²) in [6, 6.07) is 15.0. The highest BCUT2D eigenvalue weighted by Crippen LogP contribution is 2.21. The van der Waals surface area contributed by atoms with E-state index in [1.165, 1.54) is 18.0 Å². The maximum atomic E-state index is 12.8. The van der Waals surface area contributed by atoms with Gasteiger partial charge in [-0.1, -0.05) is 23.7 Å². The number of pyridine rings is 1. The van der Waals surface area contributed by atoms with Crippen LogP contribution in [0, 0.1) is 0 Å². The average Bonchev–Trinajstić information content (AvgIpc) is 2.90. The molecule has 2 aromatic carbocycles. The fraction of sp³-hybridized carbons (Fsp3) is 0.259. The number of carbonyl (C=O) groups is 1. The summed E-state index contributed by atoms with van der Waals surface area (Å²) in [6.07, 6.45) is 3.62. The third-order valence-corrected chi connectivity index (χ3v) is 6.85. The summed E-state index contributed by atoms with van der Waals surface area (Å²) in [5.74, 6) is -1.02. The number of rotatable bonds is 7. The molecule has 5 rings (SSSR count). The zero-order valence-electron chi connectivity index (χ0n) is 20.4. The Morgan fingerprint density at radius 3 is 2.43 bits per heavy atom. The third kappa shape index (κ3) is 5.64. The molecule has 1 fully saturated rings. The van der Waals surface area contributed by atoms with Gasteiger partial charge in [0.05, 0.1) is 5.39 Å². The van der Waals surface area contributed by atoms with Crippen LogP contribution in [0.3, 0.4) is 0 Å². The third-order valence-electron chi connectivity index (χ3n) is 6.60. The van der Waals surface area contributed by atoms with E-state index in [1.54, 1.807) is 28.8 Å². The first-order valence-electron chi connectivity index (χ1n) is 12.1. The van der Waals surface area contributed by atoms with Crippen molar-refractivity contribution in [3.8, 4) is 5.69 Å². The summed E-state index contributed by atoms with van der Waals surface area (Å²) < 4.78 is 1.56. The molecule has 37 heavy (non-hydrogen) atoms. The van der Waals surface area contributed by atoms with Crippen molar-refractivity contribution in [2.45, 2.75) is 6.42 Å². The molecule has 2 aromatic heterocycles. The smallest absolute Gasteiger partial charge is 0.341 e. The van der Waals surface area contributed by atoms with Crippen molar-refractivity contribution >= 4 is 40.2 Å². The molecule has 1 aliphatic rings. The molecule has 0 radical (unpaired) electrons. The van der Waals surface area contributed by atoms with Gasteiger partial charge in [0.2, 0.25) is 11.4 Å². The van der Waals surface area contributed by atoms with Crippen molar-refractivity contribution < 1.29 is 9.90 Å². The summed E-state index contributed by atoms with van der Waals surface area (Å²) in [5.41, 5.74) is 1.97. The number of nitrogens with one attached hydrogen (secondary N) is 1. The van der Waals surface area contributed by atoms with Gasteiger partial charge >= 0.3 is 5.97 Å². The molecular weight excluding hydrogens is 492 g/mol. The van der Waals surface area contributed by atoms with Gasteiger partial charge in [0, 0.05) is 61.5 Å². The molecule has 0 bridgehead atoms. The van der Waals surface area contributed by atoms with Crippen LogP contribution < -0.4 is 10.7 Å². The molecule has 2 N–H and O–H groups in total. The number of anilines is 2. The van der Waals surface area contributed by atoms with E-state index in [1.807, 2.05) is 12.1 Å². The number of aromatic carboxylic acids is 1. The molecule has 10 heteroatoms. The van der Waals surface area contributed by atoms with Crippen molar-refractivity contribution in [3.05, 3.63) is 87.3 Å². The number of halogens is 1. The molecule has 9 nitrogen and oxygen atoms in total. The van der Waals surface area contributed by atoms with Crippen LogP contribution in [0.1, 0.15) is 15.9 Å². The van der Waals surface area contributed by atoms with E-state index in [0.717, 1.165) is 44.8 Å². The zero-order valence-corrected chi connectivity index (χ0v) is 21.1. The SMILES string of the molecule is CN1CCN(CCc2ccc(Nc3ncc4c(=O)c(C(=O)O)cn(-c5ccc(Cl)cc5)c4n3)cc2)CC1. The number of hydrogen-bond acceptors (Lipinski definition) is 7. The lowest BCUT2D eigenvalue weighted by Crippen LogP contribution is -2.45. The van der Waals surface area contributed by atoms with Crippen LogP contribution in [-0.4, -0.2) is 75.2 Å². The fourth-order valence-corrected chi connectivity index (χ4v) is 4.49. The molecule has 0 saturated carbocycles. The minimum Gasteiger partial charge on any atom is -0.477 e. The Morgan fingerprint density at radius 2 is 1.76 bits per heavy atom. The molecule has 4 aromatic rings. The van der Waals surface area contributed by atoms with E-state index in [-0.39, 0.29) is 10.9 Å². The van der Waals surface area contributed by atoms with Crippen molar-refractivity contribution in [1.82, 2.24) is 24.3 Å². The second-order valence-corrected chi connectivity index (χ2v) is 9.61. The Hall–Kier alpha value is -3.79. The van der Waals surface area contributed by atoms with Crippen LogP contribution in [0.4, 0.5) is 11.6 Å². The highest BCUT2D eigenvalue weighted by atomic mass is 35.5. The first-order valence-corrected chi connectivity index (χ1v) is 12.4. The van der Waals surface area contributed by atoms with Crippen LogP contribution >= 0.6 is 11.6 Å². The van der Waals surface area contributed by atoms with E-state index in [0.29, 0.717) is 22.3 Å². The second kappa shape index (κ2) is 10.7. The second-order valence-electron chi connectivity index (χ2n) is 9.17. The van der Waals surface area contributed by atoms with Gasteiger partial charge in [0.25, 0.3) is 0 Å². The highest BCUT2D eigenvalue weighted by molar-refractivity contribution is 6.30. The normalized spacial score (nSPS) is 14.6. The topological polar surface area (TPSA) is 104 Å². The number of hydrogen-bond donors (Lipinski definition) is 2. The number of likely N-dealkylation sites (N-methyl/N-ethyl adjacent to an activating group) is 1. The summed E-state index contributed by atoms with van der Waals surface area (Å²) in [5, 5.41) is 13.4. The van der Waals surface area contributed by atoms with Gasteiger partial charge in [0.1, 0.15) is 5.56 Å². The minimum atomic E-state index is -1.32. The molecule has 3 heterocycles. The van der Waals surface area contributed by atoms with Crippen LogP contribution in [0.2, 0.25) is 5.02 Å². The lowest BCUT2D eigenvalue weighted by Gasteiger charge is -2.32. The van der Waals surface area contributed by atoms with Crippen LogP contribution in [-0.2, 0) is 6.42 Å². The lowest BCUT2D eigenvalue weighted by molar-refractivity contribution is 0.0695. The Bertz CT molecular complexity index is 1480. The Morgan fingerprint density at radius 1 is 1.05 bits per heavy atom. The van der Waals surface area contributed by atoms with Gasteiger partial charge in [0.15, 0.2) is 5.65 Å². The van der Waals surface area contributed by atoms with Crippen molar-refractivity contribution in [2.75, 3.05) is 45.1 Å². The van der Waals surface area contributed by atoms with Gasteiger partial charge in [-0.05, 0) is 55.4 Å². The first-order chi connectivity index (χ1) is 17.9. The number of carboxylic acids is 1. The molecule has 0 aliphatic carbocycles. The van der Waals surface area contributed by atoms with E-state index in [2.05, 4.69) is 44.3 Å². The first kappa shape index (κ1) is 24.9. The summed E-state index contributed by atoms with van der Waals surface area (Å²) in [6.45, 7) is 5.46. The maximum Gasteiger partial charge on any atom is 0.341 e. The molecule has 1 saturated heterocycles. The Balaban J connectivity index is 1.38. The predicted molar refractivity (Wildman–Crippen MR) is 144 cm³/mol. The molecule has 0 spiro atoms. The number of piperazine rings is 1. The van der Waals surface area contributed by atoms with Crippen molar-refractivity contribution in [3.63, 3.8) is 0 Å². The largest absolute Gasteiger partial charge is 0.477 e. The molecular formula is C27H27ClN6O3. The predicted octanol–water partition coefficient (Wildman–Crippen LogP) is 3.67. The Kier molecular flexibility index (Phi) is 7.18. The Labute approximate surface area is 218 Å². The summed E-state index contributed by atoms with van der Waals surface area (Å²) >= 11 is 6.02. The monoisotopic (exact) mass is 518 g/mol. The zero-order chi connectivity index (χ0) is 25.9. The number of benzene rings is 2. The van der Waals surface area contributed by atoms with Crippen molar-refractivity contribution in [1.29, 1.82) is 0 Å². The van der Waals surface area contributed by atoms with E-state index >= 15 is 0 Å². The standard InChI is InChI=1S/C27H27ClN6O3/c1-32-12-14-33(15-13-32)11-10-18-2-6-20(7-3-18)30-27-29-16-22-24(35)23(26(36)37)17-34(25(22)31-27)21-8-4-19(28)5-9-21/h2-9,16-17H,10-15H2,1H3,(H,36,37)(H,29,30,31). The number of fused-ring (bicyclic) bond motifs is 1. The number of carboxylic acid groups (broad SMARTS) is 1. The molecule has 0 amide bonds. The van der Waals surface area contributed by atoms with Gasteiger partial charge < -0.3 is 24.8 Å². The highest BCUT2D eigenvalue weighted by Gasteiger charge is 2.18. The van der Waals surface area contributed by atoms with Crippen molar-refractivity contribution in [2.24, 2.45) is 0 Å². The van der Waals surface area contributed by atoms with Gasteiger partial charge in [-0.15, -0.1) is 0 Å². The minimum absolute atomic E-state index is 0.111. The van der Waals surface area contributed by atoms with Crippen LogP contribution in [0.25, 0.3) is 16.7 Å². The molecule has 0 atom stereocenters. The number of aromatic nitrogens is 3. The maximum absolute atomic E-state index is 12.8. The fourth-order valence-electron chi connectivity index (χ4n) is 4.36. The lowest BCUT2D eigenvalue weighted by atomic mass is 10.1. The van der Waals surface area contributed by atoms with E-state index in [9.17, 15) is 14.7 Å². The van der Waals surface area contributed by atoms with Gasteiger partial charge in [-0.25, -0.2) is 9.78 Å². The van der Waals surface area contributed by atoms with Gasteiger partial charge in [-0.2, -0.15) is 4.98 Å². The summed E-state index contributed by atoms with van der Waals surface area (Å²) in [7, 11) is 2.16.